The summed E-state index contributed by atoms with van der Waals surface area (Å²) in [7, 11) is 1.55. The van der Waals surface area contributed by atoms with E-state index in [9.17, 15) is 9.18 Å². The lowest BCUT2D eigenvalue weighted by atomic mass is 10.0. The normalized spacial score (nSPS) is 15.9. The monoisotopic (exact) mass is 463 g/mol. The Morgan fingerprint density at radius 1 is 1.06 bits per heavy atom. The highest BCUT2D eigenvalue weighted by Crippen LogP contribution is 2.25. The van der Waals surface area contributed by atoms with Crippen LogP contribution in [0, 0.1) is 5.82 Å². The molecular weight excluding hydrogens is 441 g/mol. The maximum atomic E-state index is 14.7. The van der Waals surface area contributed by atoms with Crippen LogP contribution in [0.15, 0.2) is 61.2 Å². The predicted molar refractivity (Wildman–Crippen MR) is 119 cm³/mol. The molecule has 0 spiro atoms. The molecule has 10 nitrogen and oxygen atoms in total. The highest BCUT2D eigenvalue weighted by atomic mass is 19.1. The Kier molecular flexibility index (Phi) is 6.00. The van der Waals surface area contributed by atoms with Gasteiger partial charge in [-0.25, -0.2) is 4.39 Å². The van der Waals surface area contributed by atoms with Crippen molar-refractivity contribution in [1.82, 2.24) is 34.9 Å². The third kappa shape index (κ3) is 4.25. The molecule has 1 aliphatic rings. The quantitative estimate of drug-likeness (QED) is 0.432. The van der Waals surface area contributed by atoms with Crippen LogP contribution in [0.2, 0.25) is 0 Å². The SMILES string of the molecule is COc1ccc(C(=O)N2CCOCC2Cc2cc(-n3nccn3)ccc2F)c(-n2nccn2)c1. The molecule has 1 atom stereocenters. The van der Waals surface area contributed by atoms with Crippen LogP contribution in [-0.2, 0) is 11.2 Å². The molecule has 2 aromatic heterocycles. The zero-order valence-electron chi connectivity index (χ0n) is 18.4. The number of rotatable bonds is 6. The number of halogens is 1. The molecule has 1 amide bonds. The van der Waals surface area contributed by atoms with Crippen LogP contribution in [0.4, 0.5) is 4.39 Å². The molecule has 1 unspecified atom stereocenters. The van der Waals surface area contributed by atoms with Crippen molar-refractivity contribution in [3.63, 3.8) is 0 Å². The Labute approximate surface area is 194 Å². The Bertz CT molecular complexity index is 1280. The standard InChI is InChI=1S/C23H22FN7O3/c1-33-19-3-4-20(22(14-19)31-27-8-9-28-31)23(32)29-10-11-34-15-18(29)13-16-12-17(2-5-21(16)24)30-25-6-7-26-30/h2-9,12,14,18H,10-11,13,15H2,1H3. The minimum Gasteiger partial charge on any atom is -0.497 e. The fourth-order valence-corrected chi connectivity index (χ4v) is 4.02. The van der Waals surface area contributed by atoms with Crippen molar-refractivity contribution in [3.05, 3.63) is 78.1 Å². The van der Waals surface area contributed by atoms with Gasteiger partial charge in [0.05, 0.1) is 62.4 Å². The summed E-state index contributed by atoms with van der Waals surface area (Å²) in [4.78, 5) is 18.2. The molecule has 0 saturated carbocycles. The van der Waals surface area contributed by atoms with Crippen molar-refractivity contribution in [2.45, 2.75) is 12.5 Å². The highest BCUT2D eigenvalue weighted by molar-refractivity contribution is 5.98. The summed E-state index contributed by atoms with van der Waals surface area (Å²) in [6.07, 6.45) is 6.46. The molecule has 0 N–H and O–H groups in total. The fourth-order valence-electron chi connectivity index (χ4n) is 4.02. The molecule has 1 saturated heterocycles. The lowest BCUT2D eigenvalue weighted by Crippen LogP contribution is -2.50. The molecule has 4 aromatic rings. The lowest BCUT2D eigenvalue weighted by Gasteiger charge is -2.36. The average Bonchev–Trinajstić information content (AvgIpc) is 3.60. The van der Waals surface area contributed by atoms with E-state index < -0.39 is 0 Å². The van der Waals surface area contributed by atoms with E-state index in [2.05, 4.69) is 20.4 Å². The van der Waals surface area contributed by atoms with E-state index in [-0.39, 0.29) is 24.2 Å². The van der Waals surface area contributed by atoms with E-state index in [0.717, 1.165) is 0 Å². The molecule has 1 aliphatic heterocycles. The zero-order valence-corrected chi connectivity index (χ0v) is 18.4. The Morgan fingerprint density at radius 2 is 1.79 bits per heavy atom. The van der Waals surface area contributed by atoms with E-state index in [0.29, 0.717) is 48.0 Å². The number of aromatic nitrogens is 6. The molecule has 1 fully saturated rings. The van der Waals surface area contributed by atoms with E-state index >= 15 is 0 Å². The Hall–Kier alpha value is -4.12. The minimum absolute atomic E-state index is 0.214. The second-order valence-corrected chi connectivity index (χ2v) is 7.73. The summed E-state index contributed by atoms with van der Waals surface area (Å²) in [5, 5.41) is 16.6. The van der Waals surface area contributed by atoms with Crippen molar-refractivity contribution in [2.75, 3.05) is 26.9 Å². The van der Waals surface area contributed by atoms with E-state index in [1.165, 1.54) is 28.1 Å². The van der Waals surface area contributed by atoms with Crippen molar-refractivity contribution < 1.29 is 18.7 Å². The smallest absolute Gasteiger partial charge is 0.256 e. The van der Waals surface area contributed by atoms with Crippen LogP contribution in [0.5, 0.6) is 5.75 Å². The van der Waals surface area contributed by atoms with Crippen molar-refractivity contribution >= 4 is 5.91 Å². The number of hydrogen-bond acceptors (Lipinski definition) is 7. The zero-order chi connectivity index (χ0) is 23.5. The fraction of sp³-hybridized carbons (Fsp3) is 0.261. The van der Waals surface area contributed by atoms with Crippen molar-refractivity contribution in [3.8, 4) is 17.1 Å². The molecule has 5 rings (SSSR count). The number of carbonyl (C=O) groups excluding carboxylic acids is 1. The largest absolute Gasteiger partial charge is 0.497 e. The molecule has 3 heterocycles. The first kappa shape index (κ1) is 21.7. The van der Waals surface area contributed by atoms with Crippen molar-refractivity contribution in [1.29, 1.82) is 0 Å². The van der Waals surface area contributed by atoms with Gasteiger partial charge in [0.2, 0.25) is 0 Å². The van der Waals surface area contributed by atoms with Crippen LogP contribution < -0.4 is 4.74 Å². The van der Waals surface area contributed by atoms with Crippen LogP contribution in [0.25, 0.3) is 11.4 Å². The number of nitrogens with zero attached hydrogens (tertiary/aromatic N) is 7. The molecule has 0 bridgehead atoms. The first-order chi connectivity index (χ1) is 16.6. The Balaban J connectivity index is 1.45. The maximum absolute atomic E-state index is 14.7. The summed E-state index contributed by atoms with van der Waals surface area (Å²) in [6.45, 7) is 1.07. The summed E-state index contributed by atoms with van der Waals surface area (Å²) in [6, 6.07) is 9.45. The van der Waals surface area contributed by atoms with Gasteiger partial charge >= 0.3 is 0 Å². The second kappa shape index (κ2) is 9.40. The van der Waals surface area contributed by atoms with Crippen LogP contribution in [0.1, 0.15) is 15.9 Å². The molecule has 2 aromatic carbocycles. The summed E-state index contributed by atoms with van der Waals surface area (Å²) < 4.78 is 25.7. The predicted octanol–water partition coefficient (Wildman–Crippen LogP) is 2.08. The highest BCUT2D eigenvalue weighted by Gasteiger charge is 2.31. The number of benzene rings is 2. The number of methoxy groups -OCH3 is 1. The summed E-state index contributed by atoms with van der Waals surface area (Å²) in [5.41, 5.74) is 2.00. The van der Waals surface area contributed by atoms with E-state index in [1.54, 1.807) is 54.7 Å². The number of morpholine rings is 1. The van der Waals surface area contributed by atoms with Gasteiger partial charge in [0, 0.05) is 12.6 Å². The van der Waals surface area contributed by atoms with Gasteiger partial charge in [-0.05, 0) is 42.3 Å². The molecule has 34 heavy (non-hydrogen) atoms. The first-order valence-corrected chi connectivity index (χ1v) is 10.7. The topological polar surface area (TPSA) is 100 Å². The number of carbonyl (C=O) groups is 1. The minimum atomic E-state index is -0.364. The number of hydrogen-bond donors (Lipinski definition) is 0. The molecule has 11 heteroatoms. The molecule has 0 radical (unpaired) electrons. The van der Waals surface area contributed by atoms with Gasteiger partial charge in [0.15, 0.2) is 0 Å². The van der Waals surface area contributed by atoms with Crippen LogP contribution >= 0.6 is 0 Å². The molecule has 0 aliphatic carbocycles. The molecule has 174 valence electrons. The van der Waals surface area contributed by atoms with E-state index in [4.69, 9.17) is 9.47 Å². The average molecular weight is 463 g/mol. The van der Waals surface area contributed by atoms with Gasteiger partial charge in [0.1, 0.15) is 17.3 Å². The second-order valence-electron chi connectivity index (χ2n) is 7.73. The van der Waals surface area contributed by atoms with Gasteiger partial charge in [-0.1, -0.05) is 0 Å². The first-order valence-electron chi connectivity index (χ1n) is 10.7. The Morgan fingerprint density at radius 3 is 2.53 bits per heavy atom. The van der Waals surface area contributed by atoms with Gasteiger partial charge in [0.25, 0.3) is 5.91 Å². The molecular formula is C23H22FN7O3. The van der Waals surface area contributed by atoms with Crippen LogP contribution in [0.3, 0.4) is 0 Å². The van der Waals surface area contributed by atoms with Gasteiger partial charge < -0.3 is 14.4 Å². The van der Waals surface area contributed by atoms with Gasteiger partial charge in [-0.3, -0.25) is 4.79 Å². The third-order valence-electron chi connectivity index (χ3n) is 5.69. The van der Waals surface area contributed by atoms with Crippen molar-refractivity contribution in [2.24, 2.45) is 0 Å². The lowest BCUT2D eigenvalue weighted by molar-refractivity contribution is -0.00185. The number of amides is 1. The summed E-state index contributed by atoms with van der Waals surface area (Å²) >= 11 is 0. The number of ether oxygens (including phenoxy) is 2. The van der Waals surface area contributed by atoms with Gasteiger partial charge in [-0.2, -0.15) is 30.0 Å². The van der Waals surface area contributed by atoms with Gasteiger partial charge in [-0.15, -0.1) is 0 Å². The van der Waals surface area contributed by atoms with E-state index in [1.807, 2.05) is 0 Å². The van der Waals surface area contributed by atoms with Crippen LogP contribution in [-0.4, -0.2) is 73.7 Å². The third-order valence-corrected chi connectivity index (χ3v) is 5.69. The summed E-state index contributed by atoms with van der Waals surface area (Å²) in [5.74, 6) is 0.00168. The maximum Gasteiger partial charge on any atom is 0.256 e.